The zero-order valence-electron chi connectivity index (χ0n) is 15.6. The summed E-state index contributed by atoms with van der Waals surface area (Å²) in [4.78, 5) is 2.65. The molecule has 1 saturated heterocycles. The van der Waals surface area contributed by atoms with Gasteiger partial charge in [-0.15, -0.1) is 0 Å². The highest BCUT2D eigenvalue weighted by molar-refractivity contribution is 7.89. The Morgan fingerprint density at radius 2 is 1.69 bits per heavy atom. The molecule has 26 heavy (non-hydrogen) atoms. The molecule has 0 aromatic heterocycles. The van der Waals surface area contributed by atoms with E-state index in [1.807, 2.05) is 0 Å². The van der Waals surface area contributed by atoms with Gasteiger partial charge in [-0.25, -0.2) is 8.42 Å². The van der Waals surface area contributed by atoms with Crippen molar-refractivity contribution in [2.75, 3.05) is 46.4 Å². The fourth-order valence-electron chi connectivity index (χ4n) is 3.66. The van der Waals surface area contributed by atoms with Crippen molar-refractivity contribution in [1.29, 1.82) is 0 Å². The summed E-state index contributed by atoms with van der Waals surface area (Å²) in [5.41, 5.74) is 0. The van der Waals surface area contributed by atoms with E-state index in [-0.39, 0.29) is 6.10 Å². The van der Waals surface area contributed by atoms with Crippen molar-refractivity contribution in [2.24, 2.45) is 0 Å². The van der Waals surface area contributed by atoms with Gasteiger partial charge < -0.3 is 14.4 Å². The Bertz CT molecular complexity index is 649. The minimum absolute atomic E-state index is 0.281. The average molecular weight is 383 g/mol. The van der Waals surface area contributed by atoms with Gasteiger partial charge in [0.2, 0.25) is 10.0 Å². The van der Waals surface area contributed by atoms with E-state index in [1.165, 1.54) is 12.8 Å². The quantitative estimate of drug-likeness (QED) is 0.646. The number of benzene rings is 1. The molecule has 1 aromatic rings. The van der Waals surface area contributed by atoms with Gasteiger partial charge >= 0.3 is 0 Å². The van der Waals surface area contributed by atoms with Crippen molar-refractivity contribution >= 4 is 10.0 Å². The molecule has 146 valence electrons. The summed E-state index contributed by atoms with van der Waals surface area (Å²) in [7, 11) is -1.73. The topological polar surface area (TPSA) is 59.1 Å². The monoisotopic (exact) mass is 382 g/mol. The maximum Gasteiger partial charge on any atom is 0.243 e. The molecule has 0 atom stereocenters. The summed E-state index contributed by atoms with van der Waals surface area (Å²) in [5.74, 6) is 0.763. The predicted molar refractivity (Wildman–Crippen MR) is 101 cm³/mol. The zero-order valence-corrected chi connectivity index (χ0v) is 16.4. The van der Waals surface area contributed by atoms with Crippen LogP contribution >= 0.6 is 0 Å². The van der Waals surface area contributed by atoms with Gasteiger partial charge in [-0.05, 0) is 56.4 Å². The van der Waals surface area contributed by atoms with Crippen LogP contribution in [-0.4, -0.2) is 70.2 Å². The number of hydrogen-bond acceptors (Lipinski definition) is 5. The molecule has 1 aliphatic carbocycles. The van der Waals surface area contributed by atoms with Gasteiger partial charge in [0.15, 0.2) is 0 Å². The maximum atomic E-state index is 12.9. The highest BCUT2D eigenvalue weighted by atomic mass is 32.2. The van der Waals surface area contributed by atoms with Crippen LogP contribution in [0.15, 0.2) is 29.2 Å². The van der Waals surface area contributed by atoms with Crippen LogP contribution in [0, 0.1) is 0 Å². The Hall–Kier alpha value is -1.15. The Morgan fingerprint density at radius 3 is 2.31 bits per heavy atom. The van der Waals surface area contributed by atoms with E-state index in [2.05, 4.69) is 4.90 Å². The smallest absolute Gasteiger partial charge is 0.243 e. The molecule has 7 heteroatoms. The van der Waals surface area contributed by atoms with Crippen LogP contribution in [0.25, 0.3) is 0 Å². The van der Waals surface area contributed by atoms with Crippen LogP contribution in [0.1, 0.15) is 32.1 Å². The third-order valence-corrected chi connectivity index (χ3v) is 7.13. The molecule has 2 aliphatic rings. The molecule has 0 radical (unpaired) electrons. The van der Waals surface area contributed by atoms with Crippen LogP contribution in [0.2, 0.25) is 0 Å². The molecule has 0 N–H and O–H groups in total. The first-order valence-corrected chi connectivity index (χ1v) is 11.0. The zero-order chi connectivity index (χ0) is 18.4. The lowest BCUT2D eigenvalue weighted by Gasteiger charge is -2.33. The molecule has 3 rings (SSSR count). The van der Waals surface area contributed by atoms with Gasteiger partial charge in [0.25, 0.3) is 0 Å². The molecule has 6 nitrogen and oxygen atoms in total. The summed E-state index contributed by atoms with van der Waals surface area (Å²) in [6, 6.07) is 6.91. The molecule has 0 spiro atoms. The second-order valence-corrected chi connectivity index (χ2v) is 9.03. The normalized spacial score (nSPS) is 20.5. The van der Waals surface area contributed by atoms with E-state index in [4.69, 9.17) is 9.47 Å². The standard InChI is InChI=1S/C19H30N2O4S/c1-24-16-4-11-20-12-14-21(15-13-20)26(22,23)19-9-7-18(8-10-19)25-17-5-2-3-6-17/h7-10,17H,2-6,11-16H2,1H3. The number of hydrogen-bond donors (Lipinski definition) is 0. The SMILES string of the molecule is COCCCN1CCN(S(=O)(=O)c2ccc(OC3CCCC3)cc2)CC1. The summed E-state index contributed by atoms with van der Waals surface area (Å²) in [6.45, 7) is 4.31. The summed E-state index contributed by atoms with van der Waals surface area (Å²) >= 11 is 0. The van der Waals surface area contributed by atoms with Gasteiger partial charge in [0.1, 0.15) is 5.75 Å². The number of sulfonamides is 1. The Morgan fingerprint density at radius 1 is 1.04 bits per heavy atom. The van der Waals surface area contributed by atoms with E-state index < -0.39 is 10.0 Å². The second-order valence-electron chi connectivity index (χ2n) is 7.09. The van der Waals surface area contributed by atoms with E-state index in [1.54, 1.807) is 35.7 Å². The molecule has 1 aromatic carbocycles. The molecular weight excluding hydrogens is 352 g/mol. The molecule has 0 unspecified atom stereocenters. The van der Waals surface area contributed by atoms with Crippen molar-refractivity contribution in [2.45, 2.75) is 43.1 Å². The minimum Gasteiger partial charge on any atom is -0.490 e. The fraction of sp³-hybridized carbons (Fsp3) is 0.684. The third kappa shape index (κ3) is 4.97. The number of ether oxygens (including phenoxy) is 2. The largest absolute Gasteiger partial charge is 0.490 e. The van der Waals surface area contributed by atoms with Crippen LogP contribution in [0.5, 0.6) is 5.75 Å². The van der Waals surface area contributed by atoms with Gasteiger partial charge in [-0.1, -0.05) is 0 Å². The Kier molecular flexibility index (Phi) is 6.92. The van der Waals surface area contributed by atoms with E-state index >= 15 is 0 Å². The Balaban J connectivity index is 1.54. The lowest BCUT2D eigenvalue weighted by molar-refractivity contribution is 0.149. The first-order chi connectivity index (χ1) is 12.6. The van der Waals surface area contributed by atoms with Gasteiger partial charge in [0.05, 0.1) is 11.0 Å². The van der Waals surface area contributed by atoms with Crippen molar-refractivity contribution < 1.29 is 17.9 Å². The molecular formula is C19H30N2O4S. The lowest BCUT2D eigenvalue weighted by Crippen LogP contribution is -2.48. The van der Waals surface area contributed by atoms with E-state index in [0.717, 1.165) is 51.3 Å². The second kappa shape index (κ2) is 9.17. The van der Waals surface area contributed by atoms with Crippen molar-refractivity contribution in [3.63, 3.8) is 0 Å². The number of rotatable bonds is 8. The maximum absolute atomic E-state index is 12.9. The third-order valence-electron chi connectivity index (χ3n) is 5.22. The number of methoxy groups -OCH3 is 1. The summed E-state index contributed by atoms with van der Waals surface area (Å²) < 4.78 is 38.3. The van der Waals surface area contributed by atoms with Crippen LogP contribution in [0.3, 0.4) is 0 Å². The van der Waals surface area contributed by atoms with E-state index in [9.17, 15) is 8.42 Å². The van der Waals surface area contributed by atoms with Crippen molar-refractivity contribution in [1.82, 2.24) is 9.21 Å². The van der Waals surface area contributed by atoms with E-state index in [0.29, 0.717) is 18.0 Å². The predicted octanol–water partition coefficient (Wildman–Crippen LogP) is 2.35. The molecule has 1 heterocycles. The highest BCUT2D eigenvalue weighted by Crippen LogP contribution is 2.26. The van der Waals surface area contributed by atoms with Crippen molar-refractivity contribution in [3.05, 3.63) is 24.3 Å². The molecule has 2 fully saturated rings. The number of piperazine rings is 1. The average Bonchev–Trinajstić information content (AvgIpc) is 3.16. The van der Waals surface area contributed by atoms with Gasteiger partial charge in [-0.3, -0.25) is 0 Å². The molecule has 1 aliphatic heterocycles. The van der Waals surface area contributed by atoms with Gasteiger partial charge in [-0.2, -0.15) is 4.31 Å². The first-order valence-electron chi connectivity index (χ1n) is 9.58. The fourth-order valence-corrected chi connectivity index (χ4v) is 5.09. The minimum atomic E-state index is -3.43. The summed E-state index contributed by atoms with van der Waals surface area (Å²) in [5, 5.41) is 0. The van der Waals surface area contributed by atoms with Crippen LogP contribution in [-0.2, 0) is 14.8 Å². The molecule has 1 saturated carbocycles. The molecule has 0 bridgehead atoms. The highest BCUT2D eigenvalue weighted by Gasteiger charge is 2.28. The molecule has 0 amide bonds. The number of nitrogens with zero attached hydrogens (tertiary/aromatic N) is 2. The van der Waals surface area contributed by atoms with Gasteiger partial charge in [0, 0.05) is 46.4 Å². The lowest BCUT2D eigenvalue weighted by atomic mass is 10.3. The summed E-state index contributed by atoms with van der Waals surface area (Å²) in [6.07, 6.45) is 5.88. The van der Waals surface area contributed by atoms with Crippen molar-refractivity contribution in [3.8, 4) is 5.75 Å². The van der Waals surface area contributed by atoms with Crippen LogP contribution in [0.4, 0.5) is 0 Å². The van der Waals surface area contributed by atoms with Crippen LogP contribution < -0.4 is 4.74 Å². The Labute approximate surface area is 157 Å². The first kappa shape index (κ1) is 19.6.